The molecule has 3 aromatic rings. The van der Waals surface area contributed by atoms with Crippen LogP contribution in [0.25, 0.3) is 0 Å². The van der Waals surface area contributed by atoms with E-state index >= 15 is 0 Å². The van der Waals surface area contributed by atoms with Crippen LogP contribution in [-0.4, -0.2) is 31.7 Å². The van der Waals surface area contributed by atoms with Crippen LogP contribution in [0.15, 0.2) is 59.8 Å². The van der Waals surface area contributed by atoms with Crippen LogP contribution < -0.4 is 5.32 Å². The summed E-state index contributed by atoms with van der Waals surface area (Å²) < 4.78 is 2.13. The summed E-state index contributed by atoms with van der Waals surface area (Å²) in [7, 11) is 0. The normalized spacial score (nSPS) is 14.3. The lowest BCUT2D eigenvalue weighted by atomic mass is 10.1. The standard InChI is InChI=1S/C23H24N4O2S/c1-15(28)19-10-6-7-11-20(19)24-22(29)16(2)30-23-26-25-21(18-12-13-18)27(23)14-17-8-4-3-5-9-17/h3-11,16,18H,12-14H2,1-2H3,(H,24,29)/t16-/m0/s1. The van der Waals surface area contributed by atoms with Gasteiger partial charge in [-0.1, -0.05) is 54.2 Å². The summed E-state index contributed by atoms with van der Waals surface area (Å²) in [5.74, 6) is 1.21. The number of thioether (sulfide) groups is 1. The number of carbonyl (C=O) groups is 2. The first kappa shape index (κ1) is 20.3. The van der Waals surface area contributed by atoms with Crippen molar-refractivity contribution in [2.24, 2.45) is 0 Å². The quantitative estimate of drug-likeness (QED) is 0.428. The number of nitrogens with zero attached hydrogens (tertiary/aromatic N) is 3. The van der Waals surface area contributed by atoms with Crippen molar-refractivity contribution in [1.29, 1.82) is 0 Å². The van der Waals surface area contributed by atoms with Crippen molar-refractivity contribution in [3.63, 3.8) is 0 Å². The molecule has 1 N–H and O–H groups in total. The Morgan fingerprint density at radius 2 is 1.80 bits per heavy atom. The first-order chi connectivity index (χ1) is 14.5. The average Bonchev–Trinajstić information content (AvgIpc) is 3.52. The molecule has 7 heteroatoms. The summed E-state index contributed by atoms with van der Waals surface area (Å²) in [6.45, 7) is 4.02. The Kier molecular flexibility index (Phi) is 5.99. The fourth-order valence-corrected chi connectivity index (χ4v) is 4.15. The summed E-state index contributed by atoms with van der Waals surface area (Å²) in [6.07, 6.45) is 2.27. The number of nitrogens with one attached hydrogen (secondary N) is 1. The number of para-hydroxylation sites is 1. The first-order valence-electron chi connectivity index (χ1n) is 10.1. The fourth-order valence-electron chi connectivity index (χ4n) is 3.29. The summed E-state index contributed by atoms with van der Waals surface area (Å²) in [5.41, 5.74) is 2.21. The van der Waals surface area contributed by atoms with E-state index in [1.165, 1.54) is 24.2 Å². The van der Waals surface area contributed by atoms with E-state index in [0.29, 0.717) is 23.7 Å². The number of anilines is 1. The molecule has 6 nitrogen and oxygen atoms in total. The number of amides is 1. The van der Waals surface area contributed by atoms with Crippen LogP contribution >= 0.6 is 11.8 Å². The number of hydrogen-bond donors (Lipinski definition) is 1. The van der Waals surface area contributed by atoms with Gasteiger partial charge in [-0.3, -0.25) is 9.59 Å². The first-order valence-corrected chi connectivity index (χ1v) is 11.0. The van der Waals surface area contributed by atoms with Gasteiger partial charge in [-0.25, -0.2) is 0 Å². The minimum absolute atomic E-state index is 0.0807. The van der Waals surface area contributed by atoms with Gasteiger partial charge in [-0.2, -0.15) is 0 Å². The van der Waals surface area contributed by atoms with Crippen molar-refractivity contribution in [3.05, 3.63) is 71.5 Å². The van der Waals surface area contributed by atoms with Crippen LogP contribution in [-0.2, 0) is 11.3 Å². The van der Waals surface area contributed by atoms with Gasteiger partial charge in [0, 0.05) is 11.5 Å². The third-order valence-corrected chi connectivity index (χ3v) is 6.17. The van der Waals surface area contributed by atoms with Crippen molar-refractivity contribution in [2.75, 3.05) is 5.32 Å². The van der Waals surface area contributed by atoms with Gasteiger partial charge in [0.2, 0.25) is 5.91 Å². The molecule has 1 fully saturated rings. The number of rotatable bonds is 8. The van der Waals surface area contributed by atoms with E-state index in [0.717, 1.165) is 23.8 Å². The van der Waals surface area contributed by atoms with E-state index in [9.17, 15) is 9.59 Å². The largest absolute Gasteiger partial charge is 0.324 e. The zero-order valence-electron chi connectivity index (χ0n) is 17.0. The summed E-state index contributed by atoms with van der Waals surface area (Å²) in [6, 6.07) is 17.3. The summed E-state index contributed by atoms with van der Waals surface area (Å²) in [5, 5.41) is 12.0. The number of aromatic nitrogens is 3. The maximum Gasteiger partial charge on any atom is 0.237 e. The molecule has 0 radical (unpaired) electrons. The highest BCUT2D eigenvalue weighted by atomic mass is 32.2. The van der Waals surface area contributed by atoms with Gasteiger partial charge >= 0.3 is 0 Å². The minimum atomic E-state index is -0.393. The number of carbonyl (C=O) groups excluding carboxylic acids is 2. The number of benzene rings is 2. The molecule has 2 aromatic carbocycles. The second kappa shape index (κ2) is 8.83. The van der Waals surface area contributed by atoms with Gasteiger partial charge in [0.25, 0.3) is 0 Å². The van der Waals surface area contributed by atoms with Gasteiger partial charge in [-0.05, 0) is 44.4 Å². The highest BCUT2D eigenvalue weighted by Gasteiger charge is 2.31. The Morgan fingerprint density at radius 1 is 1.10 bits per heavy atom. The summed E-state index contributed by atoms with van der Waals surface area (Å²) in [4.78, 5) is 24.6. The van der Waals surface area contributed by atoms with Crippen molar-refractivity contribution >= 4 is 29.1 Å². The van der Waals surface area contributed by atoms with E-state index in [-0.39, 0.29) is 11.7 Å². The maximum atomic E-state index is 12.8. The molecule has 1 atom stereocenters. The second-order valence-electron chi connectivity index (χ2n) is 7.54. The van der Waals surface area contributed by atoms with Gasteiger partial charge in [0.15, 0.2) is 10.9 Å². The topological polar surface area (TPSA) is 76.9 Å². The molecule has 1 aliphatic carbocycles. The highest BCUT2D eigenvalue weighted by Crippen LogP contribution is 2.40. The number of ketones is 1. The third kappa shape index (κ3) is 4.62. The molecule has 1 saturated carbocycles. The third-order valence-electron chi connectivity index (χ3n) is 5.09. The zero-order valence-corrected chi connectivity index (χ0v) is 17.9. The number of Topliss-reactive ketones (excluding diaryl/α,β-unsaturated/α-hetero) is 1. The van der Waals surface area contributed by atoms with Gasteiger partial charge in [0.05, 0.1) is 17.5 Å². The molecular weight excluding hydrogens is 396 g/mol. The SMILES string of the molecule is CC(=O)c1ccccc1NC(=O)[C@H](C)Sc1nnc(C2CC2)n1Cc1ccccc1. The lowest BCUT2D eigenvalue weighted by Crippen LogP contribution is -2.24. The maximum absolute atomic E-state index is 12.8. The Hall–Kier alpha value is -2.93. The molecular formula is C23H24N4O2S. The van der Waals surface area contributed by atoms with Crippen LogP contribution in [0.1, 0.15) is 54.4 Å². The predicted octanol–water partition coefficient (Wildman–Crippen LogP) is 4.53. The van der Waals surface area contributed by atoms with Crippen molar-refractivity contribution in [2.45, 2.75) is 49.6 Å². The molecule has 1 aromatic heterocycles. The van der Waals surface area contributed by atoms with Crippen LogP contribution in [0, 0.1) is 0 Å². The molecule has 1 aliphatic rings. The second-order valence-corrected chi connectivity index (χ2v) is 8.85. The minimum Gasteiger partial charge on any atom is -0.324 e. The molecule has 0 bridgehead atoms. The average molecular weight is 421 g/mol. The van der Waals surface area contributed by atoms with Crippen molar-refractivity contribution in [1.82, 2.24) is 14.8 Å². The van der Waals surface area contributed by atoms with Gasteiger partial charge in [-0.15, -0.1) is 10.2 Å². The molecule has 0 saturated heterocycles. The Morgan fingerprint density at radius 3 is 2.50 bits per heavy atom. The molecule has 0 unspecified atom stereocenters. The summed E-state index contributed by atoms with van der Waals surface area (Å²) >= 11 is 1.39. The molecule has 1 amide bonds. The Balaban J connectivity index is 1.51. The number of hydrogen-bond acceptors (Lipinski definition) is 5. The van der Waals surface area contributed by atoms with Gasteiger partial charge in [0.1, 0.15) is 5.82 Å². The van der Waals surface area contributed by atoms with E-state index in [1.807, 2.05) is 25.1 Å². The van der Waals surface area contributed by atoms with Gasteiger partial charge < -0.3 is 9.88 Å². The lowest BCUT2D eigenvalue weighted by molar-refractivity contribution is -0.115. The smallest absolute Gasteiger partial charge is 0.237 e. The Bertz CT molecular complexity index is 1060. The van der Waals surface area contributed by atoms with Crippen molar-refractivity contribution < 1.29 is 9.59 Å². The van der Waals surface area contributed by atoms with E-state index in [2.05, 4.69) is 32.2 Å². The lowest BCUT2D eigenvalue weighted by Gasteiger charge is -2.15. The molecule has 0 spiro atoms. The van der Waals surface area contributed by atoms with E-state index in [4.69, 9.17) is 0 Å². The highest BCUT2D eigenvalue weighted by molar-refractivity contribution is 8.00. The van der Waals surface area contributed by atoms with Crippen molar-refractivity contribution in [3.8, 4) is 0 Å². The molecule has 0 aliphatic heterocycles. The van der Waals surface area contributed by atoms with E-state index in [1.54, 1.807) is 24.3 Å². The van der Waals surface area contributed by atoms with E-state index < -0.39 is 5.25 Å². The molecule has 154 valence electrons. The molecule has 1 heterocycles. The molecule has 4 rings (SSSR count). The van der Waals surface area contributed by atoms with Crippen LogP contribution in [0.2, 0.25) is 0 Å². The fraction of sp³-hybridized carbons (Fsp3) is 0.304. The zero-order chi connectivity index (χ0) is 21.1. The monoisotopic (exact) mass is 420 g/mol. The Labute approximate surface area is 180 Å². The molecule has 30 heavy (non-hydrogen) atoms. The van der Waals surface area contributed by atoms with Crippen LogP contribution in [0.3, 0.4) is 0 Å². The van der Waals surface area contributed by atoms with Crippen LogP contribution in [0.5, 0.6) is 0 Å². The predicted molar refractivity (Wildman–Crippen MR) is 118 cm³/mol. The van der Waals surface area contributed by atoms with Crippen LogP contribution in [0.4, 0.5) is 5.69 Å².